The standard InChI is InChI=1S/C58H57N5O10S/c1-35(2)46(52(66)71-3)60-56(69)62-43-26-25-36(27-30-57(70)28-14-4-5-15-29-57)33-41(43)58(54(62)68)45(51(65)61-55-59-42-23-12-13-24-44(42)74-55)48-53(67)73-49(38-19-10-7-11-20-38)47(37-17-8-6-9-18-37)63(48)50(58)39-21-16-22-40(34-39)72-32-31-64/h6-13,16-26,33-35,45-50,64,70H,4-5,14-15,28-29,31-32H2,1-3H3,(H,60,69)(H,59,61,65)/t45-,46-,47-,48-,49+,50+,58-/m0/s1. The van der Waals surface area contributed by atoms with Crippen molar-refractivity contribution in [1.29, 1.82) is 0 Å². The van der Waals surface area contributed by atoms with Crippen molar-refractivity contribution in [3.8, 4) is 17.6 Å². The Kier molecular flexibility index (Phi) is 14.1. The van der Waals surface area contributed by atoms with Crippen LogP contribution >= 0.6 is 11.3 Å². The number of urea groups is 1. The van der Waals surface area contributed by atoms with E-state index in [1.807, 2.05) is 89.8 Å². The summed E-state index contributed by atoms with van der Waals surface area (Å²) in [4.78, 5) is 84.7. The Morgan fingerprint density at radius 1 is 0.851 bits per heavy atom. The van der Waals surface area contributed by atoms with Gasteiger partial charge in [0.1, 0.15) is 41.6 Å². The van der Waals surface area contributed by atoms with E-state index in [1.165, 1.54) is 18.4 Å². The second kappa shape index (κ2) is 20.8. The third-order valence-electron chi connectivity index (χ3n) is 14.8. The number of hydrogen-bond acceptors (Lipinski definition) is 13. The molecule has 1 aromatic heterocycles. The molecule has 15 nitrogen and oxygen atoms in total. The second-order valence-corrected chi connectivity index (χ2v) is 20.7. The molecule has 5 aromatic carbocycles. The van der Waals surface area contributed by atoms with Gasteiger partial charge in [-0.3, -0.25) is 19.3 Å². The van der Waals surface area contributed by atoms with Crippen molar-refractivity contribution in [3.63, 3.8) is 0 Å². The SMILES string of the molecule is COC(=O)[C@@H](NC(=O)N1C(=O)[C@@]2(c3cc(C#CC4(O)CCCCCC4)ccc31)[C@H](C(=O)Nc1nc3ccccc3s1)[C@H]1C(=O)O[C@H](c3ccccc3)[C@H](c3ccccc3)N1[C@@H]2c1cccc(OCCO)c1)C(C)C. The Morgan fingerprint density at radius 3 is 2.23 bits per heavy atom. The topological polar surface area (TPSA) is 197 Å². The molecule has 1 spiro atoms. The fraction of sp³-hybridized carbons (Fsp3) is 0.345. The van der Waals surface area contributed by atoms with Crippen LogP contribution < -0.4 is 20.3 Å². The lowest BCUT2D eigenvalue weighted by molar-refractivity contribution is -0.177. The van der Waals surface area contributed by atoms with Crippen molar-refractivity contribution < 1.29 is 48.4 Å². The molecule has 4 N–H and O–H groups in total. The largest absolute Gasteiger partial charge is 0.491 e. The summed E-state index contributed by atoms with van der Waals surface area (Å²) in [6, 6.07) is 32.1. The minimum atomic E-state index is -2.19. The minimum Gasteiger partial charge on any atom is -0.491 e. The number of aliphatic hydroxyl groups is 2. The number of anilines is 2. The zero-order chi connectivity index (χ0) is 51.7. The number of carbonyl (C=O) groups excluding carboxylic acids is 5. The van der Waals surface area contributed by atoms with E-state index < -0.39 is 82.9 Å². The van der Waals surface area contributed by atoms with Gasteiger partial charge in [0, 0.05) is 5.56 Å². The van der Waals surface area contributed by atoms with Crippen LogP contribution in [-0.2, 0) is 34.1 Å². The summed E-state index contributed by atoms with van der Waals surface area (Å²) in [6.45, 7) is 3.11. The number of esters is 2. The number of morpholine rings is 1. The number of aromatic nitrogens is 1. The third kappa shape index (κ3) is 9.08. The summed E-state index contributed by atoms with van der Waals surface area (Å²) in [5.41, 5.74) is -0.412. The summed E-state index contributed by atoms with van der Waals surface area (Å²) in [6.07, 6.45) is 3.52. The summed E-state index contributed by atoms with van der Waals surface area (Å²) in [7, 11) is 1.21. The Labute approximate surface area is 432 Å². The third-order valence-corrected chi connectivity index (χ3v) is 15.7. The van der Waals surface area contributed by atoms with Gasteiger partial charge < -0.3 is 35.1 Å². The highest BCUT2D eigenvalue weighted by atomic mass is 32.1. The number of benzene rings is 5. The van der Waals surface area contributed by atoms with Gasteiger partial charge in [0.05, 0.1) is 47.6 Å². The van der Waals surface area contributed by atoms with E-state index in [0.717, 1.165) is 35.3 Å². The summed E-state index contributed by atoms with van der Waals surface area (Å²) in [5, 5.41) is 27.7. The van der Waals surface area contributed by atoms with Crippen LogP contribution in [-0.4, -0.2) is 87.9 Å². The molecule has 4 heterocycles. The zero-order valence-corrected chi connectivity index (χ0v) is 42.0. The Bertz CT molecular complexity index is 3130. The number of rotatable bonds is 11. The minimum absolute atomic E-state index is 0.0604. The lowest BCUT2D eigenvalue weighted by atomic mass is 9.65. The van der Waals surface area contributed by atoms with Crippen molar-refractivity contribution in [1.82, 2.24) is 15.2 Å². The maximum absolute atomic E-state index is 16.9. The molecule has 3 fully saturated rings. The number of fused-ring (bicyclic) bond motifs is 4. The van der Waals surface area contributed by atoms with E-state index in [2.05, 4.69) is 22.5 Å². The van der Waals surface area contributed by atoms with Gasteiger partial charge in [-0.1, -0.05) is 135 Å². The van der Waals surface area contributed by atoms with Crippen LogP contribution in [0.2, 0.25) is 0 Å². The van der Waals surface area contributed by atoms with E-state index in [0.29, 0.717) is 46.4 Å². The van der Waals surface area contributed by atoms with Crippen LogP contribution in [0.15, 0.2) is 127 Å². The lowest BCUT2D eigenvalue weighted by Gasteiger charge is -2.46. The molecule has 74 heavy (non-hydrogen) atoms. The molecule has 6 aromatic rings. The van der Waals surface area contributed by atoms with Gasteiger partial charge in [0.2, 0.25) is 11.8 Å². The van der Waals surface area contributed by atoms with Crippen molar-refractivity contribution in [2.24, 2.45) is 11.8 Å². The summed E-state index contributed by atoms with van der Waals surface area (Å²) >= 11 is 1.22. The van der Waals surface area contributed by atoms with Gasteiger partial charge in [-0.25, -0.2) is 19.5 Å². The number of para-hydroxylation sites is 1. The van der Waals surface area contributed by atoms with E-state index in [4.69, 9.17) is 19.2 Å². The second-order valence-electron chi connectivity index (χ2n) is 19.6. The quantitative estimate of drug-likeness (QED) is 0.0551. The fourth-order valence-electron chi connectivity index (χ4n) is 11.5. The summed E-state index contributed by atoms with van der Waals surface area (Å²) < 4.78 is 18.6. The van der Waals surface area contributed by atoms with Gasteiger partial charge in [-0.05, 0) is 96.3 Å². The highest BCUT2D eigenvalue weighted by Gasteiger charge is 2.76. The van der Waals surface area contributed by atoms with Gasteiger partial charge in [0.15, 0.2) is 5.13 Å². The normalized spacial score (nSPS) is 23.5. The van der Waals surface area contributed by atoms with Crippen molar-refractivity contribution in [2.45, 2.75) is 93.7 Å². The first kappa shape index (κ1) is 50.1. The first-order chi connectivity index (χ1) is 35.9. The number of hydrogen-bond donors (Lipinski definition) is 4. The number of imide groups is 1. The van der Waals surface area contributed by atoms with Crippen LogP contribution in [0.3, 0.4) is 0 Å². The van der Waals surface area contributed by atoms with E-state index in [1.54, 1.807) is 56.3 Å². The zero-order valence-electron chi connectivity index (χ0n) is 41.2. The van der Waals surface area contributed by atoms with Crippen LogP contribution in [0.25, 0.3) is 10.2 Å². The van der Waals surface area contributed by atoms with Gasteiger partial charge in [-0.2, -0.15) is 0 Å². The molecule has 1 aliphatic carbocycles. The fourth-order valence-corrected chi connectivity index (χ4v) is 12.4. The molecular weight excluding hydrogens is 959 g/mol. The number of methoxy groups -OCH3 is 1. The number of cyclic esters (lactones) is 1. The Balaban J connectivity index is 1.28. The maximum Gasteiger partial charge on any atom is 0.329 e. The highest BCUT2D eigenvalue weighted by Crippen LogP contribution is 2.66. The monoisotopic (exact) mass is 1020 g/mol. The number of aliphatic hydroxyl groups excluding tert-OH is 1. The number of ether oxygens (including phenoxy) is 3. The van der Waals surface area contributed by atoms with Gasteiger partial charge in [0.25, 0.3) is 0 Å². The molecule has 3 aliphatic heterocycles. The smallest absolute Gasteiger partial charge is 0.329 e. The molecule has 2 saturated heterocycles. The molecule has 0 unspecified atom stereocenters. The molecule has 10 rings (SSSR count). The Hall–Kier alpha value is -7.42. The first-order valence-electron chi connectivity index (χ1n) is 25.1. The van der Waals surface area contributed by atoms with Crippen molar-refractivity contribution in [3.05, 3.63) is 155 Å². The number of carbonyl (C=O) groups is 5. The highest BCUT2D eigenvalue weighted by molar-refractivity contribution is 7.22. The summed E-state index contributed by atoms with van der Waals surface area (Å²) in [5.74, 6) is 1.40. The number of nitrogens with zero attached hydrogens (tertiary/aromatic N) is 3. The molecule has 380 valence electrons. The molecule has 16 heteroatoms. The van der Waals surface area contributed by atoms with Gasteiger partial charge in [-0.15, -0.1) is 0 Å². The van der Waals surface area contributed by atoms with Crippen LogP contribution in [0.4, 0.5) is 15.6 Å². The predicted octanol–water partition coefficient (Wildman–Crippen LogP) is 8.32. The average Bonchev–Trinajstić information content (AvgIpc) is 3.99. The Morgan fingerprint density at radius 2 is 1.54 bits per heavy atom. The first-order valence-corrected chi connectivity index (χ1v) is 25.9. The van der Waals surface area contributed by atoms with E-state index in [-0.39, 0.29) is 29.6 Å². The molecule has 0 radical (unpaired) electrons. The molecule has 4 amide bonds. The van der Waals surface area contributed by atoms with E-state index >= 15 is 19.2 Å². The number of nitrogens with one attached hydrogen (secondary N) is 2. The van der Waals surface area contributed by atoms with Crippen molar-refractivity contribution in [2.75, 3.05) is 30.5 Å². The number of amides is 4. The molecular formula is C58H57N5O10S. The predicted molar refractivity (Wildman–Crippen MR) is 278 cm³/mol. The van der Waals surface area contributed by atoms with Crippen LogP contribution in [0, 0.1) is 23.7 Å². The lowest BCUT2D eigenvalue weighted by Crippen LogP contribution is -2.57. The average molecular weight is 1020 g/mol. The van der Waals surface area contributed by atoms with Gasteiger partial charge >= 0.3 is 18.0 Å². The van der Waals surface area contributed by atoms with Crippen LogP contribution in [0.1, 0.15) is 98.4 Å². The van der Waals surface area contributed by atoms with Crippen LogP contribution in [0.5, 0.6) is 5.75 Å². The number of thiazole rings is 1. The van der Waals surface area contributed by atoms with Crippen molar-refractivity contribution >= 4 is 62.2 Å². The molecule has 1 saturated carbocycles. The molecule has 7 atom stereocenters. The molecule has 0 bridgehead atoms. The molecule has 4 aliphatic rings. The maximum atomic E-state index is 16.9. The van der Waals surface area contributed by atoms with E-state index in [9.17, 15) is 15.0 Å².